The first-order valence-corrected chi connectivity index (χ1v) is 6.27. The maximum atomic E-state index is 11.3. The van der Waals surface area contributed by atoms with Crippen LogP contribution in [0.25, 0.3) is 0 Å². The van der Waals surface area contributed by atoms with Gasteiger partial charge in [0, 0.05) is 0 Å². The standard InChI is InChI=1S/C14H15ClN2O2/c1-14(2,3)9-4-6-10(7-5-9)19-13-11(15)12(18)16-8-17-13/h4-8H,1-3H3,(H,16,17,18). The maximum absolute atomic E-state index is 11.3. The van der Waals surface area contributed by atoms with Crippen LogP contribution in [-0.2, 0) is 5.41 Å². The smallest absolute Gasteiger partial charge is 0.273 e. The minimum absolute atomic E-state index is 0.0533. The predicted molar refractivity (Wildman–Crippen MR) is 75.1 cm³/mol. The van der Waals surface area contributed by atoms with Crippen LogP contribution in [0.2, 0.25) is 5.02 Å². The van der Waals surface area contributed by atoms with Crippen molar-refractivity contribution in [2.24, 2.45) is 0 Å². The second kappa shape index (κ2) is 5.05. The number of aromatic nitrogens is 2. The van der Waals surface area contributed by atoms with Gasteiger partial charge >= 0.3 is 0 Å². The normalized spacial score (nSPS) is 11.4. The molecular weight excluding hydrogens is 264 g/mol. The van der Waals surface area contributed by atoms with Gasteiger partial charge in [-0.15, -0.1) is 0 Å². The van der Waals surface area contributed by atoms with Crippen LogP contribution in [0.3, 0.4) is 0 Å². The Morgan fingerprint density at radius 2 is 1.84 bits per heavy atom. The van der Waals surface area contributed by atoms with Gasteiger partial charge in [0.1, 0.15) is 5.75 Å². The van der Waals surface area contributed by atoms with Crippen molar-refractivity contribution < 1.29 is 4.74 Å². The van der Waals surface area contributed by atoms with Crippen LogP contribution in [0.4, 0.5) is 0 Å². The fraction of sp³-hybridized carbons (Fsp3) is 0.286. The van der Waals surface area contributed by atoms with E-state index in [4.69, 9.17) is 16.3 Å². The number of hydrogen-bond acceptors (Lipinski definition) is 3. The number of ether oxygens (including phenoxy) is 1. The van der Waals surface area contributed by atoms with Crippen molar-refractivity contribution in [1.82, 2.24) is 9.97 Å². The lowest BCUT2D eigenvalue weighted by Crippen LogP contribution is -2.10. The van der Waals surface area contributed by atoms with Gasteiger partial charge in [-0.2, -0.15) is 0 Å². The van der Waals surface area contributed by atoms with Crippen molar-refractivity contribution in [2.45, 2.75) is 26.2 Å². The molecule has 0 aliphatic rings. The fourth-order valence-electron chi connectivity index (χ4n) is 1.57. The molecule has 0 saturated carbocycles. The van der Waals surface area contributed by atoms with Gasteiger partial charge in [-0.25, -0.2) is 4.98 Å². The average molecular weight is 279 g/mol. The van der Waals surface area contributed by atoms with E-state index >= 15 is 0 Å². The number of aromatic amines is 1. The van der Waals surface area contributed by atoms with Crippen LogP contribution in [0.1, 0.15) is 26.3 Å². The molecule has 0 unspecified atom stereocenters. The fourth-order valence-corrected chi connectivity index (χ4v) is 1.71. The number of benzene rings is 1. The Morgan fingerprint density at radius 1 is 1.21 bits per heavy atom. The van der Waals surface area contributed by atoms with Gasteiger partial charge < -0.3 is 9.72 Å². The zero-order valence-electron chi connectivity index (χ0n) is 11.0. The summed E-state index contributed by atoms with van der Waals surface area (Å²) >= 11 is 5.82. The Bertz CT molecular complexity index is 627. The molecule has 19 heavy (non-hydrogen) atoms. The Labute approximate surface area is 116 Å². The molecule has 1 aromatic carbocycles. The number of halogens is 1. The van der Waals surface area contributed by atoms with Crippen LogP contribution in [0.5, 0.6) is 11.6 Å². The first-order valence-electron chi connectivity index (χ1n) is 5.89. The van der Waals surface area contributed by atoms with Gasteiger partial charge in [0.15, 0.2) is 5.02 Å². The van der Waals surface area contributed by atoms with E-state index in [0.717, 1.165) is 0 Å². The van der Waals surface area contributed by atoms with E-state index in [1.165, 1.54) is 11.9 Å². The molecule has 0 saturated heterocycles. The molecule has 4 nitrogen and oxygen atoms in total. The van der Waals surface area contributed by atoms with Gasteiger partial charge in [0.2, 0.25) is 5.88 Å². The highest BCUT2D eigenvalue weighted by atomic mass is 35.5. The summed E-state index contributed by atoms with van der Waals surface area (Å²) in [4.78, 5) is 17.6. The van der Waals surface area contributed by atoms with Crippen LogP contribution >= 0.6 is 11.6 Å². The van der Waals surface area contributed by atoms with E-state index in [1.807, 2.05) is 24.3 Å². The van der Waals surface area contributed by atoms with Gasteiger partial charge in [-0.1, -0.05) is 44.5 Å². The molecule has 0 aliphatic carbocycles. The number of nitrogens with zero attached hydrogens (tertiary/aromatic N) is 1. The highest BCUT2D eigenvalue weighted by Crippen LogP contribution is 2.27. The number of hydrogen-bond donors (Lipinski definition) is 1. The molecule has 0 amide bonds. The molecule has 0 aliphatic heterocycles. The Balaban J connectivity index is 2.25. The lowest BCUT2D eigenvalue weighted by molar-refractivity contribution is 0.460. The van der Waals surface area contributed by atoms with Crippen molar-refractivity contribution in [3.63, 3.8) is 0 Å². The monoisotopic (exact) mass is 278 g/mol. The molecule has 2 rings (SSSR count). The van der Waals surface area contributed by atoms with Gasteiger partial charge in [-0.3, -0.25) is 4.79 Å². The summed E-state index contributed by atoms with van der Waals surface area (Å²) in [5, 5.41) is -0.0533. The molecule has 5 heteroatoms. The summed E-state index contributed by atoms with van der Waals surface area (Å²) in [6.07, 6.45) is 1.26. The predicted octanol–water partition coefficient (Wildman–Crippen LogP) is 3.51. The largest absolute Gasteiger partial charge is 0.437 e. The molecule has 1 N–H and O–H groups in total. The summed E-state index contributed by atoms with van der Waals surface area (Å²) < 4.78 is 5.49. The second-order valence-corrected chi connectivity index (χ2v) is 5.61. The molecule has 0 fully saturated rings. The molecule has 0 atom stereocenters. The Kier molecular flexibility index (Phi) is 3.62. The molecule has 0 bridgehead atoms. The molecular formula is C14H15ClN2O2. The number of H-pyrrole nitrogens is 1. The van der Waals surface area contributed by atoms with E-state index in [9.17, 15) is 4.79 Å². The molecule has 0 spiro atoms. The van der Waals surface area contributed by atoms with E-state index in [0.29, 0.717) is 5.75 Å². The van der Waals surface area contributed by atoms with E-state index in [-0.39, 0.29) is 16.3 Å². The lowest BCUT2D eigenvalue weighted by atomic mass is 9.87. The highest BCUT2D eigenvalue weighted by molar-refractivity contribution is 6.31. The first kappa shape index (κ1) is 13.6. The lowest BCUT2D eigenvalue weighted by Gasteiger charge is -2.19. The molecule has 1 aromatic heterocycles. The first-order chi connectivity index (χ1) is 8.88. The van der Waals surface area contributed by atoms with E-state index in [2.05, 4.69) is 30.7 Å². The number of rotatable bonds is 2. The SMILES string of the molecule is CC(C)(C)c1ccc(Oc2nc[nH]c(=O)c2Cl)cc1. The molecule has 1 heterocycles. The summed E-state index contributed by atoms with van der Waals surface area (Å²) in [7, 11) is 0. The van der Waals surface area contributed by atoms with E-state index < -0.39 is 5.56 Å². The van der Waals surface area contributed by atoms with Crippen molar-refractivity contribution >= 4 is 11.6 Å². The summed E-state index contributed by atoms with van der Waals surface area (Å²) in [6.45, 7) is 6.41. The van der Waals surface area contributed by atoms with Crippen LogP contribution in [0, 0.1) is 0 Å². The third kappa shape index (κ3) is 3.15. The quantitative estimate of drug-likeness (QED) is 0.914. The summed E-state index contributed by atoms with van der Waals surface area (Å²) in [6, 6.07) is 7.63. The Morgan fingerprint density at radius 3 is 2.42 bits per heavy atom. The van der Waals surface area contributed by atoms with Gasteiger partial charge in [0.25, 0.3) is 5.56 Å². The van der Waals surface area contributed by atoms with Gasteiger partial charge in [0.05, 0.1) is 6.33 Å². The topological polar surface area (TPSA) is 55.0 Å². The van der Waals surface area contributed by atoms with Crippen molar-refractivity contribution in [1.29, 1.82) is 0 Å². The van der Waals surface area contributed by atoms with Crippen molar-refractivity contribution in [2.75, 3.05) is 0 Å². The minimum atomic E-state index is -0.419. The molecule has 2 aromatic rings. The third-order valence-corrected chi connectivity index (χ3v) is 3.03. The zero-order chi connectivity index (χ0) is 14.0. The van der Waals surface area contributed by atoms with Gasteiger partial charge in [-0.05, 0) is 23.1 Å². The number of nitrogens with one attached hydrogen (secondary N) is 1. The third-order valence-electron chi connectivity index (χ3n) is 2.70. The highest BCUT2D eigenvalue weighted by Gasteiger charge is 2.14. The van der Waals surface area contributed by atoms with Crippen LogP contribution in [0.15, 0.2) is 35.4 Å². The van der Waals surface area contributed by atoms with Crippen LogP contribution in [-0.4, -0.2) is 9.97 Å². The van der Waals surface area contributed by atoms with Crippen LogP contribution < -0.4 is 10.3 Å². The molecule has 0 radical (unpaired) electrons. The minimum Gasteiger partial charge on any atom is -0.437 e. The zero-order valence-corrected chi connectivity index (χ0v) is 11.8. The molecule has 100 valence electrons. The van der Waals surface area contributed by atoms with Crippen molar-refractivity contribution in [3.8, 4) is 11.6 Å². The van der Waals surface area contributed by atoms with Crippen molar-refractivity contribution in [3.05, 3.63) is 51.5 Å². The van der Waals surface area contributed by atoms with E-state index in [1.54, 1.807) is 0 Å². The maximum Gasteiger partial charge on any atom is 0.273 e. The average Bonchev–Trinajstić information content (AvgIpc) is 2.35. The second-order valence-electron chi connectivity index (χ2n) is 5.23. The Hall–Kier alpha value is -1.81. The summed E-state index contributed by atoms with van der Waals surface area (Å²) in [5.41, 5.74) is 0.862. The summed E-state index contributed by atoms with van der Waals surface area (Å²) in [5.74, 6) is 0.696.